The maximum atomic E-state index is 12.7. The van der Waals surface area contributed by atoms with Crippen LogP contribution in [-0.2, 0) is 0 Å². The molecule has 108 valence electrons. The molecule has 0 N–H and O–H groups in total. The van der Waals surface area contributed by atoms with Crippen LogP contribution in [0.15, 0.2) is 23.1 Å². The van der Waals surface area contributed by atoms with Crippen LogP contribution in [0.5, 0.6) is 0 Å². The quantitative estimate of drug-likeness (QED) is 0.615. The second-order valence-electron chi connectivity index (χ2n) is 5.41. The number of alkyl halides is 3. The minimum atomic E-state index is -4.16. The van der Waals surface area contributed by atoms with Gasteiger partial charge < -0.3 is 0 Å². The van der Waals surface area contributed by atoms with Crippen LogP contribution in [0.4, 0.5) is 13.2 Å². The van der Waals surface area contributed by atoms with Gasteiger partial charge in [-0.3, -0.25) is 0 Å². The van der Waals surface area contributed by atoms with Crippen LogP contribution < -0.4 is 0 Å². The van der Waals surface area contributed by atoms with Gasteiger partial charge in [0.15, 0.2) is 0 Å². The predicted octanol–water partition coefficient (Wildman–Crippen LogP) is 5.98. The van der Waals surface area contributed by atoms with Crippen LogP contribution in [0.1, 0.15) is 57.6 Å². The van der Waals surface area contributed by atoms with E-state index in [0.717, 1.165) is 27.8 Å². The molecular formula is C15H21F3S. The highest BCUT2D eigenvalue weighted by Gasteiger charge is 2.37. The van der Waals surface area contributed by atoms with Gasteiger partial charge in [0.1, 0.15) is 5.25 Å². The molecule has 0 aliphatic carbocycles. The Kier molecular flexibility index (Phi) is 5.36. The maximum absolute atomic E-state index is 12.7. The van der Waals surface area contributed by atoms with E-state index in [1.807, 2.05) is 45.9 Å². The molecular weight excluding hydrogens is 269 g/mol. The third-order valence-corrected chi connectivity index (χ3v) is 4.32. The van der Waals surface area contributed by atoms with Gasteiger partial charge in [0.2, 0.25) is 0 Å². The van der Waals surface area contributed by atoms with Crippen LogP contribution in [0, 0.1) is 0 Å². The summed E-state index contributed by atoms with van der Waals surface area (Å²) in [6.07, 6.45) is -4.16. The Morgan fingerprint density at radius 3 is 1.95 bits per heavy atom. The number of rotatable bonds is 4. The third-order valence-electron chi connectivity index (χ3n) is 3.09. The molecule has 0 nitrogen and oxygen atoms in total. The summed E-state index contributed by atoms with van der Waals surface area (Å²) in [5.74, 6) is 0.547. The molecule has 1 unspecified atom stereocenters. The molecule has 1 atom stereocenters. The van der Waals surface area contributed by atoms with E-state index in [9.17, 15) is 13.2 Å². The molecule has 0 bridgehead atoms. The van der Waals surface area contributed by atoms with Gasteiger partial charge in [-0.25, -0.2) is 0 Å². The minimum absolute atomic E-state index is 0.226. The second-order valence-corrected chi connectivity index (χ2v) is 6.79. The number of benzene rings is 1. The molecule has 0 spiro atoms. The molecule has 0 fully saturated rings. The second kappa shape index (κ2) is 6.21. The first-order chi connectivity index (χ1) is 8.62. The number of thioether (sulfide) groups is 1. The van der Waals surface area contributed by atoms with Crippen molar-refractivity contribution in [3.63, 3.8) is 0 Å². The summed E-state index contributed by atoms with van der Waals surface area (Å²) in [5, 5.41) is -1.38. The van der Waals surface area contributed by atoms with Crippen molar-refractivity contribution in [2.45, 2.75) is 62.8 Å². The fourth-order valence-corrected chi connectivity index (χ4v) is 2.90. The monoisotopic (exact) mass is 290 g/mol. The topological polar surface area (TPSA) is 0 Å². The van der Waals surface area contributed by atoms with Gasteiger partial charge in [-0.15, -0.1) is 11.8 Å². The summed E-state index contributed by atoms with van der Waals surface area (Å²) in [6, 6.07) is 5.89. The lowest BCUT2D eigenvalue weighted by molar-refractivity contribution is -0.125. The zero-order chi connectivity index (χ0) is 14.8. The summed E-state index contributed by atoms with van der Waals surface area (Å²) in [6.45, 7) is 9.33. The van der Waals surface area contributed by atoms with E-state index in [0.29, 0.717) is 5.92 Å². The Hall–Kier alpha value is -0.640. The Labute approximate surface area is 117 Å². The van der Waals surface area contributed by atoms with Gasteiger partial charge in [-0.1, -0.05) is 39.8 Å². The lowest BCUT2D eigenvalue weighted by Crippen LogP contribution is -2.22. The fraction of sp³-hybridized carbons (Fsp3) is 0.600. The van der Waals surface area contributed by atoms with E-state index in [4.69, 9.17) is 0 Å². The smallest absolute Gasteiger partial charge is 0.170 e. The lowest BCUT2D eigenvalue weighted by atomic mass is 9.97. The molecule has 0 heterocycles. The molecule has 1 aromatic carbocycles. The average Bonchev–Trinajstić information content (AvgIpc) is 2.27. The molecule has 0 radical (unpaired) electrons. The van der Waals surface area contributed by atoms with Crippen molar-refractivity contribution in [3.8, 4) is 0 Å². The van der Waals surface area contributed by atoms with Crippen molar-refractivity contribution >= 4 is 11.8 Å². The molecule has 0 aliphatic heterocycles. The van der Waals surface area contributed by atoms with Gasteiger partial charge in [-0.05, 0) is 36.0 Å². The standard InChI is InChI=1S/C15H21F3S/c1-9(2)12-6-7-13(10(3)4)14(8-12)19-11(5)15(16,17)18/h6-11H,1-5H3. The van der Waals surface area contributed by atoms with E-state index in [1.165, 1.54) is 6.92 Å². The highest BCUT2D eigenvalue weighted by atomic mass is 32.2. The van der Waals surface area contributed by atoms with Gasteiger partial charge in [0.25, 0.3) is 0 Å². The zero-order valence-electron chi connectivity index (χ0n) is 12.0. The molecule has 19 heavy (non-hydrogen) atoms. The Balaban J connectivity index is 3.11. The van der Waals surface area contributed by atoms with E-state index < -0.39 is 11.4 Å². The van der Waals surface area contributed by atoms with Crippen LogP contribution in [0.25, 0.3) is 0 Å². The van der Waals surface area contributed by atoms with E-state index in [-0.39, 0.29) is 5.92 Å². The van der Waals surface area contributed by atoms with Crippen molar-refractivity contribution in [1.29, 1.82) is 0 Å². The Bertz CT molecular complexity index is 422. The van der Waals surface area contributed by atoms with Crippen LogP contribution in [0.2, 0.25) is 0 Å². The first kappa shape index (κ1) is 16.4. The van der Waals surface area contributed by atoms with Gasteiger partial charge >= 0.3 is 6.18 Å². The summed E-state index contributed by atoms with van der Waals surface area (Å²) < 4.78 is 38.1. The highest BCUT2D eigenvalue weighted by molar-refractivity contribution is 8.00. The van der Waals surface area contributed by atoms with E-state index >= 15 is 0 Å². The Morgan fingerprint density at radius 2 is 1.53 bits per heavy atom. The summed E-state index contributed by atoms with van der Waals surface area (Å²) in [7, 11) is 0. The molecule has 0 saturated carbocycles. The van der Waals surface area contributed by atoms with Crippen molar-refractivity contribution in [2.75, 3.05) is 0 Å². The third kappa shape index (κ3) is 4.44. The molecule has 0 aromatic heterocycles. The van der Waals surface area contributed by atoms with Gasteiger partial charge in [0, 0.05) is 4.90 Å². The summed E-state index contributed by atoms with van der Waals surface area (Å²) >= 11 is 0.912. The average molecular weight is 290 g/mol. The fourth-order valence-electron chi connectivity index (χ4n) is 1.75. The molecule has 4 heteroatoms. The predicted molar refractivity (Wildman–Crippen MR) is 76.0 cm³/mol. The molecule has 0 saturated heterocycles. The van der Waals surface area contributed by atoms with Crippen molar-refractivity contribution in [1.82, 2.24) is 0 Å². The molecule has 0 aliphatic rings. The van der Waals surface area contributed by atoms with E-state index in [2.05, 4.69) is 0 Å². The first-order valence-corrected chi connectivity index (χ1v) is 7.38. The number of hydrogen-bond acceptors (Lipinski definition) is 1. The van der Waals surface area contributed by atoms with E-state index in [1.54, 1.807) is 0 Å². The first-order valence-electron chi connectivity index (χ1n) is 6.50. The Morgan fingerprint density at radius 1 is 0.947 bits per heavy atom. The lowest BCUT2D eigenvalue weighted by Gasteiger charge is -2.20. The number of hydrogen-bond donors (Lipinski definition) is 0. The zero-order valence-corrected chi connectivity index (χ0v) is 12.8. The summed E-state index contributed by atoms with van der Waals surface area (Å²) in [4.78, 5) is 0.756. The maximum Gasteiger partial charge on any atom is 0.400 e. The van der Waals surface area contributed by atoms with Gasteiger partial charge in [0.05, 0.1) is 0 Å². The molecule has 1 aromatic rings. The molecule has 1 rings (SSSR count). The highest BCUT2D eigenvalue weighted by Crippen LogP contribution is 2.39. The van der Waals surface area contributed by atoms with Crippen molar-refractivity contribution < 1.29 is 13.2 Å². The van der Waals surface area contributed by atoms with Crippen LogP contribution in [-0.4, -0.2) is 11.4 Å². The van der Waals surface area contributed by atoms with Gasteiger partial charge in [-0.2, -0.15) is 13.2 Å². The van der Waals surface area contributed by atoms with Crippen LogP contribution >= 0.6 is 11.8 Å². The van der Waals surface area contributed by atoms with Crippen molar-refractivity contribution in [2.24, 2.45) is 0 Å². The normalized spacial score (nSPS) is 14.2. The van der Waals surface area contributed by atoms with Crippen molar-refractivity contribution in [3.05, 3.63) is 29.3 Å². The molecule has 0 amide bonds. The number of halogens is 3. The largest absolute Gasteiger partial charge is 0.400 e. The van der Waals surface area contributed by atoms with Crippen LogP contribution in [0.3, 0.4) is 0 Å². The SMILES string of the molecule is CC(C)c1ccc(C(C)C)c(SC(C)C(F)(F)F)c1. The minimum Gasteiger partial charge on any atom is -0.170 e. The summed E-state index contributed by atoms with van der Waals surface area (Å²) in [5.41, 5.74) is 2.08.